The molecule has 0 aromatic carbocycles. The Morgan fingerprint density at radius 2 is 1.78 bits per heavy atom. The molecular weight excluding hydrogens is 234 g/mol. The van der Waals surface area contributed by atoms with Gasteiger partial charge in [-0.1, -0.05) is 0 Å². The first-order valence-electron chi connectivity index (χ1n) is 6.01. The van der Waals surface area contributed by atoms with Crippen LogP contribution in [0.3, 0.4) is 0 Å². The first-order chi connectivity index (χ1) is 8.08. The molecule has 0 aromatic heterocycles. The lowest BCUT2D eigenvalue weighted by Gasteiger charge is -2.34. The zero-order chi connectivity index (χ0) is 14.5. The summed E-state index contributed by atoms with van der Waals surface area (Å²) in [6.45, 7) is 7.77. The molecule has 106 valence electrons. The van der Waals surface area contributed by atoms with Crippen LogP contribution in [0.2, 0.25) is 0 Å². The predicted molar refractivity (Wildman–Crippen MR) is 70.6 cm³/mol. The van der Waals surface area contributed by atoms with Crippen LogP contribution in [0.1, 0.15) is 27.7 Å². The van der Waals surface area contributed by atoms with Crippen molar-refractivity contribution in [1.82, 2.24) is 15.1 Å². The number of carbonyl (C=O) groups is 2. The molecule has 6 nitrogen and oxygen atoms in total. The molecule has 0 radical (unpaired) electrons. The number of likely N-dealkylation sites (N-methyl/N-ethyl adjacent to an activating group) is 1. The molecule has 0 unspecified atom stereocenters. The maximum absolute atomic E-state index is 11.9. The van der Waals surface area contributed by atoms with Gasteiger partial charge in [0.15, 0.2) is 0 Å². The number of nitrogens with zero attached hydrogens (tertiary/aromatic N) is 2. The van der Waals surface area contributed by atoms with Gasteiger partial charge in [-0.25, -0.2) is 4.79 Å². The normalized spacial score (nSPS) is 11.8. The third-order valence-corrected chi connectivity index (χ3v) is 3.07. The number of carboxylic acid groups (broad SMARTS) is 1. The largest absolute Gasteiger partial charge is 0.480 e. The summed E-state index contributed by atoms with van der Waals surface area (Å²) in [4.78, 5) is 25.9. The zero-order valence-electron chi connectivity index (χ0n) is 12.1. The smallest absolute Gasteiger partial charge is 0.323 e. The van der Waals surface area contributed by atoms with Crippen molar-refractivity contribution in [2.45, 2.75) is 39.3 Å². The average molecular weight is 259 g/mol. The SMILES string of the molecule is CC(C)N(CC(=O)O)C(=O)NCC(C)(C)N(C)C. The van der Waals surface area contributed by atoms with Crippen molar-refractivity contribution in [2.24, 2.45) is 0 Å². The molecule has 2 N–H and O–H groups in total. The number of carbonyl (C=O) groups excluding carboxylic acids is 1. The molecule has 0 aliphatic carbocycles. The van der Waals surface area contributed by atoms with E-state index in [9.17, 15) is 9.59 Å². The van der Waals surface area contributed by atoms with Crippen molar-refractivity contribution in [3.8, 4) is 0 Å². The predicted octanol–water partition coefficient (Wildman–Crippen LogP) is 0.831. The van der Waals surface area contributed by atoms with E-state index in [0.717, 1.165) is 0 Å². The molecule has 0 aliphatic rings. The standard InChI is InChI=1S/C12H25N3O3/c1-9(2)15(7-10(16)17)11(18)13-8-12(3,4)14(5)6/h9H,7-8H2,1-6H3,(H,13,18)(H,16,17). The number of amides is 2. The van der Waals surface area contributed by atoms with Crippen LogP contribution < -0.4 is 5.32 Å². The van der Waals surface area contributed by atoms with Crippen LogP contribution in [0.4, 0.5) is 4.79 Å². The van der Waals surface area contributed by atoms with Crippen LogP contribution in [-0.2, 0) is 4.79 Å². The molecule has 0 aliphatic heterocycles. The Hall–Kier alpha value is -1.30. The van der Waals surface area contributed by atoms with Gasteiger partial charge in [0, 0.05) is 18.1 Å². The molecule has 0 saturated carbocycles. The fourth-order valence-corrected chi connectivity index (χ4v) is 1.19. The van der Waals surface area contributed by atoms with Gasteiger partial charge in [-0.15, -0.1) is 0 Å². The van der Waals surface area contributed by atoms with E-state index in [-0.39, 0.29) is 24.2 Å². The summed E-state index contributed by atoms with van der Waals surface area (Å²) in [5.74, 6) is -1.01. The molecule has 0 aromatic rings. The lowest BCUT2D eigenvalue weighted by atomic mass is 10.0. The van der Waals surface area contributed by atoms with E-state index in [0.29, 0.717) is 6.54 Å². The van der Waals surface area contributed by atoms with Gasteiger partial charge in [-0.05, 0) is 41.8 Å². The molecule has 0 rings (SSSR count). The number of hydrogen-bond acceptors (Lipinski definition) is 3. The van der Waals surface area contributed by atoms with E-state index in [4.69, 9.17) is 5.11 Å². The molecular formula is C12H25N3O3. The second-order valence-electron chi connectivity index (χ2n) is 5.48. The highest BCUT2D eigenvalue weighted by molar-refractivity contribution is 5.80. The molecule has 0 atom stereocenters. The first-order valence-corrected chi connectivity index (χ1v) is 6.01. The monoisotopic (exact) mass is 259 g/mol. The number of urea groups is 1. The Labute approximate surface area is 109 Å². The second kappa shape index (κ2) is 6.58. The molecule has 0 spiro atoms. The summed E-state index contributed by atoms with van der Waals surface area (Å²) in [5.41, 5.74) is -0.179. The summed E-state index contributed by atoms with van der Waals surface area (Å²) in [6.07, 6.45) is 0. The van der Waals surface area contributed by atoms with Crippen molar-refractivity contribution >= 4 is 12.0 Å². The van der Waals surface area contributed by atoms with Crippen LogP contribution in [0.5, 0.6) is 0 Å². The van der Waals surface area contributed by atoms with Gasteiger partial charge in [0.2, 0.25) is 0 Å². The Balaban J connectivity index is 4.49. The average Bonchev–Trinajstić information content (AvgIpc) is 2.21. The molecule has 0 fully saturated rings. The van der Waals surface area contributed by atoms with Crippen LogP contribution in [0.15, 0.2) is 0 Å². The molecule has 0 bridgehead atoms. The third-order valence-electron chi connectivity index (χ3n) is 3.07. The van der Waals surface area contributed by atoms with Crippen molar-refractivity contribution in [3.63, 3.8) is 0 Å². The van der Waals surface area contributed by atoms with E-state index < -0.39 is 5.97 Å². The molecule has 18 heavy (non-hydrogen) atoms. The van der Waals surface area contributed by atoms with Crippen LogP contribution in [0, 0.1) is 0 Å². The van der Waals surface area contributed by atoms with E-state index in [1.54, 1.807) is 13.8 Å². The summed E-state index contributed by atoms with van der Waals surface area (Å²) in [6, 6.07) is -0.495. The topological polar surface area (TPSA) is 72.9 Å². The number of nitrogens with one attached hydrogen (secondary N) is 1. The van der Waals surface area contributed by atoms with Gasteiger partial charge in [-0.2, -0.15) is 0 Å². The van der Waals surface area contributed by atoms with E-state index in [1.165, 1.54) is 4.90 Å². The summed E-state index contributed by atoms with van der Waals surface area (Å²) < 4.78 is 0. The highest BCUT2D eigenvalue weighted by Gasteiger charge is 2.24. The van der Waals surface area contributed by atoms with E-state index in [2.05, 4.69) is 5.32 Å². The second-order valence-corrected chi connectivity index (χ2v) is 5.48. The molecule has 0 heterocycles. The quantitative estimate of drug-likeness (QED) is 0.741. The van der Waals surface area contributed by atoms with Crippen LogP contribution in [-0.4, -0.2) is 65.7 Å². The Bertz CT molecular complexity index is 301. The van der Waals surface area contributed by atoms with Gasteiger partial charge in [0.05, 0.1) is 0 Å². The van der Waals surface area contributed by atoms with Crippen LogP contribution >= 0.6 is 0 Å². The van der Waals surface area contributed by atoms with E-state index >= 15 is 0 Å². The summed E-state index contributed by atoms with van der Waals surface area (Å²) >= 11 is 0. The van der Waals surface area contributed by atoms with Gasteiger partial charge in [0.25, 0.3) is 0 Å². The van der Waals surface area contributed by atoms with E-state index in [1.807, 2.05) is 32.8 Å². The fraction of sp³-hybridized carbons (Fsp3) is 0.833. The van der Waals surface area contributed by atoms with Crippen molar-refractivity contribution in [1.29, 1.82) is 0 Å². The summed E-state index contributed by atoms with van der Waals surface area (Å²) in [7, 11) is 3.87. The highest BCUT2D eigenvalue weighted by atomic mass is 16.4. The Morgan fingerprint density at radius 3 is 2.11 bits per heavy atom. The van der Waals surface area contributed by atoms with Crippen LogP contribution in [0.25, 0.3) is 0 Å². The minimum atomic E-state index is -1.01. The molecule has 6 heteroatoms. The number of carboxylic acids is 1. The number of hydrogen-bond donors (Lipinski definition) is 2. The summed E-state index contributed by atoms with van der Waals surface area (Å²) in [5, 5.41) is 11.5. The molecule has 0 saturated heterocycles. The maximum atomic E-state index is 11.9. The van der Waals surface area contributed by atoms with Gasteiger partial charge < -0.3 is 20.2 Å². The number of aliphatic carboxylic acids is 1. The van der Waals surface area contributed by atoms with Gasteiger partial charge in [-0.3, -0.25) is 4.79 Å². The minimum absolute atomic E-state index is 0.149. The molecule has 2 amide bonds. The zero-order valence-corrected chi connectivity index (χ0v) is 12.1. The maximum Gasteiger partial charge on any atom is 0.323 e. The fourth-order valence-electron chi connectivity index (χ4n) is 1.19. The number of rotatable bonds is 6. The lowest BCUT2D eigenvalue weighted by molar-refractivity contribution is -0.138. The van der Waals surface area contributed by atoms with Gasteiger partial charge in [0.1, 0.15) is 6.54 Å². The van der Waals surface area contributed by atoms with Gasteiger partial charge >= 0.3 is 12.0 Å². The Kier molecular flexibility index (Phi) is 6.11. The lowest BCUT2D eigenvalue weighted by Crippen LogP contribution is -2.53. The minimum Gasteiger partial charge on any atom is -0.480 e. The van der Waals surface area contributed by atoms with Crippen molar-refractivity contribution < 1.29 is 14.7 Å². The third kappa shape index (κ3) is 5.35. The Morgan fingerprint density at radius 1 is 1.28 bits per heavy atom. The first kappa shape index (κ1) is 16.7. The van der Waals surface area contributed by atoms with Crippen molar-refractivity contribution in [3.05, 3.63) is 0 Å². The van der Waals surface area contributed by atoms with Crippen molar-refractivity contribution in [2.75, 3.05) is 27.2 Å². The highest BCUT2D eigenvalue weighted by Crippen LogP contribution is 2.08.